The Morgan fingerprint density at radius 3 is 2.65 bits per heavy atom. The molecule has 0 bridgehead atoms. The van der Waals surface area contributed by atoms with E-state index < -0.39 is 23.1 Å². The first-order valence-electron chi connectivity index (χ1n) is 5.65. The topological polar surface area (TPSA) is 86.6 Å². The van der Waals surface area contributed by atoms with E-state index in [1.165, 1.54) is 6.08 Å². The van der Waals surface area contributed by atoms with Gasteiger partial charge in [-0.05, 0) is 24.1 Å². The molecule has 8 heteroatoms. The van der Waals surface area contributed by atoms with Gasteiger partial charge >= 0.3 is 11.9 Å². The van der Waals surface area contributed by atoms with Crippen LogP contribution in [-0.2, 0) is 9.59 Å². The minimum Gasteiger partial charge on any atom is -0.481 e. The molecule has 0 spiro atoms. The minimum absolute atomic E-state index is 0.0392. The number of hydrogen-bond acceptors (Lipinski definition) is 3. The Hall–Kier alpha value is -1.53. The quantitative estimate of drug-likeness (QED) is 0.690. The third-order valence-corrected chi connectivity index (χ3v) is 3.54. The molecule has 0 radical (unpaired) electrons. The summed E-state index contributed by atoms with van der Waals surface area (Å²) in [6, 6.07) is -1.21. The van der Waals surface area contributed by atoms with Crippen molar-refractivity contribution in [3.8, 4) is 0 Å². The number of fused-ring (bicyclic) bond motifs is 1. The maximum absolute atomic E-state index is 14.4. The molecule has 0 saturated carbocycles. The normalized spacial score (nSPS) is 28.4. The molecule has 108 valence electrons. The zero-order chi connectivity index (χ0) is 15.1. The molecule has 0 aromatic rings. The summed E-state index contributed by atoms with van der Waals surface area (Å²) >= 11 is 11.5. The molecule has 5 nitrogen and oxygen atoms in total. The molecule has 2 rings (SSSR count). The summed E-state index contributed by atoms with van der Waals surface area (Å²) in [7, 11) is 0. The smallest absolute Gasteiger partial charge is 0.330 e. The van der Waals surface area contributed by atoms with Crippen LogP contribution in [0.2, 0.25) is 0 Å². The number of hydrogen-bond donors (Lipinski definition) is 3. The third-order valence-electron chi connectivity index (χ3n) is 3.03. The number of carbonyl (C=O) groups is 2. The molecule has 0 saturated heterocycles. The van der Waals surface area contributed by atoms with Crippen molar-refractivity contribution in [3.63, 3.8) is 0 Å². The highest BCUT2D eigenvalue weighted by Crippen LogP contribution is 2.45. The van der Waals surface area contributed by atoms with E-state index in [0.29, 0.717) is 0 Å². The molecule has 1 aliphatic heterocycles. The summed E-state index contributed by atoms with van der Waals surface area (Å²) in [5.74, 6) is -2.35. The van der Waals surface area contributed by atoms with E-state index >= 15 is 0 Å². The molecular formula is C12H10Cl2FNO4. The fourth-order valence-corrected chi connectivity index (χ4v) is 2.94. The van der Waals surface area contributed by atoms with E-state index in [0.717, 1.165) is 6.08 Å². The number of allylic oxidation sites excluding steroid dienone is 4. The summed E-state index contributed by atoms with van der Waals surface area (Å²) in [6.07, 6.45) is 1.88. The number of alkyl halides is 2. The van der Waals surface area contributed by atoms with E-state index in [1.807, 2.05) is 0 Å². The molecule has 0 fully saturated rings. The summed E-state index contributed by atoms with van der Waals surface area (Å²) in [5, 5.41) is 18.0. The molecular weight excluding hydrogens is 312 g/mol. The maximum atomic E-state index is 14.4. The zero-order valence-corrected chi connectivity index (χ0v) is 11.5. The minimum atomic E-state index is -2.45. The van der Waals surface area contributed by atoms with E-state index in [2.05, 4.69) is 5.32 Å². The molecule has 0 amide bonds. The standard InChI is InChI=1S/C12H10Cl2FNO4/c13-5-3-7-9(12(14,15)4-5)6(1-2-8(17)18)10(16-7)11(19)20/h3-4,10,16H,1-2H2,(H,17,18)(H,19,20). The Morgan fingerprint density at radius 2 is 2.10 bits per heavy atom. The molecule has 2 unspecified atom stereocenters. The van der Waals surface area contributed by atoms with Crippen LogP contribution < -0.4 is 5.32 Å². The van der Waals surface area contributed by atoms with Gasteiger partial charge in [0.15, 0.2) is 0 Å². The van der Waals surface area contributed by atoms with Crippen molar-refractivity contribution >= 4 is 35.1 Å². The number of nitrogens with one attached hydrogen (secondary N) is 1. The van der Waals surface area contributed by atoms with Crippen LogP contribution in [0.15, 0.2) is 34.0 Å². The first kappa shape index (κ1) is 14.9. The lowest BCUT2D eigenvalue weighted by atomic mass is 9.93. The first-order valence-corrected chi connectivity index (χ1v) is 6.41. The fourth-order valence-electron chi connectivity index (χ4n) is 2.29. The van der Waals surface area contributed by atoms with Crippen LogP contribution in [-0.4, -0.2) is 33.3 Å². The van der Waals surface area contributed by atoms with Crippen LogP contribution >= 0.6 is 23.2 Å². The van der Waals surface area contributed by atoms with E-state index in [-0.39, 0.29) is 34.7 Å². The predicted molar refractivity (Wildman–Crippen MR) is 70.2 cm³/mol. The Balaban J connectivity index is 2.48. The second-order valence-corrected chi connectivity index (χ2v) is 5.41. The summed E-state index contributed by atoms with van der Waals surface area (Å²) < 4.78 is 14.4. The Labute approximate surface area is 123 Å². The first-order chi connectivity index (χ1) is 9.22. The number of aliphatic carboxylic acids is 2. The Kier molecular flexibility index (Phi) is 3.80. The molecule has 20 heavy (non-hydrogen) atoms. The van der Waals surface area contributed by atoms with E-state index in [4.69, 9.17) is 33.4 Å². The zero-order valence-electron chi connectivity index (χ0n) is 9.99. The van der Waals surface area contributed by atoms with Gasteiger partial charge in [-0.2, -0.15) is 0 Å². The van der Waals surface area contributed by atoms with Crippen LogP contribution in [0.25, 0.3) is 0 Å². The van der Waals surface area contributed by atoms with Gasteiger partial charge in [0.1, 0.15) is 6.04 Å². The molecule has 2 aliphatic rings. The van der Waals surface area contributed by atoms with Gasteiger partial charge in [-0.1, -0.05) is 23.2 Å². The molecule has 1 aliphatic carbocycles. The Morgan fingerprint density at radius 1 is 1.45 bits per heavy atom. The van der Waals surface area contributed by atoms with Crippen LogP contribution in [0.4, 0.5) is 4.39 Å². The molecule has 1 heterocycles. The van der Waals surface area contributed by atoms with Crippen molar-refractivity contribution in [1.82, 2.24) is 5.32 Å². The number of halogens is 3. The highest BCUT2D eigenvalue weighted by Gasteiger charge is 2.45. The van der Waals surface area contributed by atoms with Crippen molar-refractivity contribution in [3.05, 3.63) is 34.0 Å². The van der Waals surface area contributed by atoms with Gasteiger partial charge in [-0.25, -0.2) is 9.18 Å². The highest BCUT2D eigenvalue weighted by atomic mass is 35.5. The van der Waals surface area contributed by atoms with Crippen LogP contribution in [0.1, 0.15) is 12.8 Å². The largest absolute Gasteiger partial charge is 0.481 e. The second kappa shape index (κ2) is 5.10. The van der Waals surface area contributed by atoms with Crippen LogP contribution in [0.3, 0.4) is 0 Å². The van der Waals surface area contributed by atoms with Gasteiger partial charge < -0.3 is 15.5 Å². The lowest BCUT2D eigenvalue weighted by molar-refractivity contribution is -0.139. The molecule has 3 N–H and O–H groups in total. The predicted octanol–water partition coefficient (Wildman–Crippen LogP) is 2.13. The SMILES string of the molecule is O=C(O)CCC1=C2C(=CC(Cl)=CC2(F)Cl)NC1C(=O)O. The van der Waals surface area contributed by atoms with Crippen LogP contribution in [0.5, 0.6) is 0 Å². The van der Waals surface area contributed by atoms with Crippen molar-refractivity contribution in [2.24, 2.45) is 0 Å². The van der Waals surface area contributed by atoms with Gasteiger partial charge in [0.25, 0.3) is 0 Å². The van der Waals surface area contributed by atoms with E-state index in [1.54, 1.807) is 0 Å². The third kappa shape index (κ3) is 2.66. The lowest BCUT2D eigenvalue weighted by Gasteiger charge is -2.22. The van der Waals surface area contributed by atoms with Crippen molar-refractivity contribution < 1.29 is 24.2 Å². The van der Waals surface area contributed by atoms with Gasteiger partial charge in [-0.15, -0.1) is 0 Å². The van der Waals surface area contributed by atoms with Gasteiger partial charge in [0.2, 0.25) is 5.13 Å². The molecule has 2 atom stereocenters. The van der Waals surface area contributed by atoms with Gasteiger partial charge in [0, 0.05) is 22.7 Å². The van der Waals surface area contributed by atoms with Crippen molar-refractivity contribution in [1.29, 1.82) is 0 Å². The van der Waals surface area contributed by atoms with Gasteiger partial charge in [-0.3, -0.25) is 4.79 Å². The average Bonchev–Trinajstić information content (AvgIpc) is 2.64. The fraction of sp³-hybridized carbons (Fsp3) is 0.333. The molecule has 0 aromatic carbocycles. The van der Waals surface area contributed by atoms with Crippen LogP contribution in [0, 0.1) is 0 Å². The van der Waals surface area contributed by atoms with Crippen molar-refractivity contribution in [2.45, 2.75) is 24.0 Å². The molecule has 0 aromatic heterocycles. The lowest BCUT2D eigenvalue weighted by Crippen LogP contribution is -2.33. The summed E-state index contributed by atoms with van der Waals surface area (Å²) in [6.45, 7) is 0. The monoisotopic (exact) mass is 321 g/mol. The summed E-state index contributed by atoms with van der Waals surface area (Å²) in [4.78, 5) is 21.8. The Bertz CT molecular complexity index is 580. The average molecular weight is 322 g/mol. The van der Waals surface area contributed by atoms with Gasteiger partial charge in [0.05, 0.1) is 0 Å². The number of carboxylic acids is 2. The number of rotatable bonds is 4. The maximum Gasteiger partial charge on any atom is 0.330 e. The van der Waals surface area contributed by atoms with Crippen molar-refractivity contribution in [2.75, 3.05) is 0 Å². The van der Waals surface area contributed by atoms with E-state index in [9.17, 15) is 14.0 Å². The summed E-state index contributed by atoms with van der Waals surface area (Å²) in [5.41, 5.74) is 0.226. The second-order valence-electron chi connectivity index (χ2n) is 4.42. The number of carboxylic acid groups (broad SMARTS) is 2. The highest BCUT2D eigenvalue weighted by molar-refractivity contribution is 6.34.